The standard InChI is InChI=1S/C40H62O14/c1-18-6-11-40(50-15-18)19(2)30-28(54-40)14-24-22-13-26(42)25-12-21(7-9-38(25,4)23(22)8-10-39(24,30)5)52-36-34(47)33(46)32(45)29(53-36)17-49-37-35(51-20(3)41)31(44)27(43)16-48-37/h18-19,21-25,27-37,43-47H,6-17H2,1-5H3/t18-,19?,21+,22?,23?,24?,25-,27+,28?,29-,30?,31+,32-,33+,34-,35-,36-,37+,38-,39+,40-/m1/s1. The smallest absolute Gasteiger partial charge is 0.303 e. The highest BCUT2D eigenvalue weighted by atomic mass is 16.7. The van der Waals surface area contributed by atoms with Gasteiger partial charge in [0.25, 0.3) is 0 Å². The van der Waals surface area contributed by atoms with Crippen LogP contribution in [0.3, 0.4) is 0 Å². The van der Waals surface area contributed by atoms with E-state index in [1.807, 2.05) is 0 Å². The van der Waals surface area contributed by atoms with Crippen molar-refractivity contribution in [3.05, 3.63) is 0 Å². The molecule has 5 N–H and O–H groups in total. The maximum Gasteiger partial charge on any atom is 0.303 e. The third kappa shape index (κ3) is 6.42. The fourth-order valence-corrected chi connectivity index (χ4v) is 12.9. The van der Waals surface area contributed by atoms with Gasteiger partial charge in [-0.05, 0) is 85.4 Å². The molecule has 4 heterocycles. The molecule has 0 aromatic rings. The van der Waals surface area contributed by atoms with Gasteiger partial charge in [0.1, 0.15) is 42.4 Å². The summed E-state index contributed by atoms with van der Waals surface area (Å²) in [5.41, 5.74) is -0.0689. The average molecular weight is 767 g/mol. The molecule has 1 spiro atoms. The monoisotopic (exact) mass is 766 g/mol. The van der Waals surface area contributed by atoms with Gasteiger partial charge < -0.3 is 58.7 Å². The molecule has 4 saturated heterocycles. The van der Waals surface area contributed by atoms with Crippen LogP contribution in [0.25, 0.3) is 0 Å². The van der Waals surface area contributed by atoms with Crippen LogP contribution in [0.15, 0.2) is 0 Å². The molecule has 0 radical (unpaired) electrons. The van der Waals surface area contributed by atoms with Gasteiger partial charge in [-0.2, -0.15) is 0 Å². The molecule has 8 rings (SSSR count). The van der Waals surface area contributed by atoms with E-state index < -0.39 is 73.2 Å². The minimum Gasteiger partial charge on any atom is -0.454 e. The van der Waals surface area contributed by atoms with Gasteiger partial charge in [0.05, 0.1) is 32.0 Å². The third-order valence-electron chi connectivity index (χ3n) is 15.8. The van der Waals surface area contributed by atoms with Crippen LogP contribution in [0.2, 0.25) is 0 Å². The van der Waals surface area contributed by atoms with Gasteiger partial charge >= 0.3 is 5.97 Å². The predicted molar refractivity (Wildman–Crippen MR) is 187 cm³/mol. The molecule has 0 bridgehead atoms. The molecule has 4 aliphatic carbocycles. The lowest BCUT2D eigenvalue weighted by molar-refractivity contribution is -0.330. The minimum absolute atomic E-state index is 0.108. The molecule has 8 aliphatic rings. The van der Waals surface area contributed by atoms with Crippen LogP contribution < -0.4 is 0 Å². The van der Waals surface area contributed by atoms with Gasteiger partial charge in [-0.3, -0.25) is 9.59 Å². The second-order valence-electron chi connectivity index (χ2n) is 18.8. The van der Waals surface area contributed by atoms with Crippen molar-refractivity contribution in [2.75, 3.05) is 19.8 Å². The van der Waals surface area contributed by atoms with Gasteiger partial charge in [-0.15, -0.1) is 0 Å². The number of aliphatic hydroxyl groups is 5. The molecule has 6 unspecified atom stereocenters. The number of ether oxygens (including phenoxy) is 7. The summed E-state index contributed by atoms with van der Waals surface area (Å²) in [6, 6.07) is 0. The van der Waals surface area contributed by atoms with E-state index in [1.165, 1.54) is 0 Å². The van der Waals surface area contributed by atoms with Gasteiger partial charge in [0.15, 0.2) is 24.5 Å². The second-order valence-corrected chi connectivity index (χ2v) is 18.8. The quantitative estimate of drug-likeness (QED) is 0.194. The molecule has 306 valence electrons. The van der Waals surface area contributed by atoms with Crippen LogP contribution in [0.4, 0.5) is 0 Å². The number of Topliss-reactive ketones (excluding diaryl/α,β-unsaturated/α-hetero) is 1. The Morgan fingerprint density at radius 2 is 1.63 bits per heavy atom. The summed E-state index contributed by atoms with van der Waals surface area (Å²) in [7, 11) is 0. The number of carbonyl (C=O) groups is 2. The highest BCUT2D eigenvalue weighted by Crippen LogP contribution is 2.71. The van der Waals surface area contributed by atoms with Crippen molar-refractivity contribution >= 4 is 11.8 Å². The molecule has 4 saturated carbocycles. The molecular weight excluding hydrogens is 704 g/mol. The second kappa shape index (κ2) is 14.5. The fraction of sp³-hybridized carbons (Fsp3) is 0.950. The first kappa shape index (κ1) is 39.5. The highest BCUT2D eigenvalue weighted by Gasteiger charge is 2.70. The molecule has 14 nitrogen and oxygen atoms in total. The molecule has 21 atom stereocenters. The van der Waals surface area contributed by atoms with Crippen molar-refractivity contribution in [1.82, 2.24) is 0 Å². The van der Waals surface area contributed by atoms with E-state index in [9.17, 15) is 35.1 Å². The van der Waals surface area contributed by atoms with Crippen molar-refractivity contribution in [3.63, 3.8) is 0 Å². The van der Waals surface area contributed by atoms with Crippen molar-refractivity contribution in [2.24, 2.45) is 52.3 Å². The lowest BCUT2D eigenvalue weighted by Crippen LogP contribution is -2.61. The number of carbonyl (C=O) groups excluding carboxylic acids is 2. The summed E-state index contributed by atoms with van der Waals surface area (Å²) in [5.74, 6) is 1.37. The first-order valence-corrected chi connectivity index (χ1v) is 20.5. The molecule has 14 heteroatoms. The van der Waals surface area contributed by atoms with Gasteiger partial charge in [-0.1, -0.05) is 27.7 Å². The maximum absolute atomic E-state index is 14.2. The average Bonchev–Trinajstić information content (AvgIpc) is 3.58. The number of fused-ring (bicyclic) bond motifs is 7. The zero-order chi connectivity index (χ0) is 38.5. The van der Waals surface area contributed by atoms with Crippen LogP contribution in [0.5, 0.6) is 0 Å². The fourth-order valence-electron chi connectivity index (χ4n) is 12.9. The van der Waals surface area contributed by atoms with E-state index in [1.54, 1.807) is 0 Å². The van der Waals surface area contributed by atoms with Crippen molar-refractivity contribution < 1.29 is 68.3 Å². The van der Waals surface area contributed by atoms with Crippen LogP contribution in [-0.4, -0.2) is 130 Å². The van der Waals surface area contributed by atoms with Crippen molar-refractivity contribution in [2.45, 2.75) is 166 Å². The SMILES string of the molecule is CC(=O)O[C@H]1[C@H](OC[C@H]2O[C@@H](O[C@H]3CC[C@]4(C)C5CC[C@@]6(C)C(CC7O[C@]8(CC[C@@H](C)CO8)C(C)C76)C5CC(=O)[C@H]4C3)[C@H](O)[C@@H](O)[C@@H]2O)OC[C@H](O)[C@@H]1O. The molecule has 4 aliphatic heterocycles. The predicted octanol–water partition coefficient (Wildman–Crippen LogP) is 1.83. The number of esters is 1. The van der Waals surface area contributed by atoms with Crippen LogP contribution >= 0.6 is 0 Å². The van der Waals surface area contributed by atoms with E-state index in [-0.39, 0.29) is 41.8 Å². The molecule has 0 aromatic carbocycles. The summed E-state index contributed by atoms with van der Waals surface area (Å²) in [6.45, 7) is 10.6. The summed E-state index contributed by atoms with van der Waals surface area (Å²) in [6.07, 6.45) is -5.09. The maximum atomic E-state index is 14.2. The van der Waals surface area contributed by atoms with Crippen molar-refractivity contribution in [1.29, 1.82) is 0 Å². The lowest BCUT2D eigenvalue weighted by Gasteiger charge is -2.60. The zero-order valence-corrected chi connectivity index (χ0v) is 32.3. The Morgan fingerprint density at radius 3 is 2.35 bits per heavy atom. The van der Waals surface area contributed by atoms with Crippen molar-refractivity contribution in [3.8, 4) is 0 Å². The number of aliphatic hydroxyl groups excluding tert-OH is 5. The van der Waals surface area contributed by atoms with Crippen LogP contribution in [-0.2, 0) is 42.7 Å². The summed E-state index contributed by atoms with van der Waals surface area (Å²) < 4.78 is 42.0. The van der Waals surface area contributed by atoms with E-state index in [0.717, 1.165) is 52.1 Å². The summed E-state index contributed by atoms with van der Waals surface area (Å²) >= 11 is 0. The third-order valence-corrected chi connectivity index (χ3v) is 15.8. The topological polar surface area (TPSA) is 200 Å². The van der Waals surface area contributed by atoms with Crippen LogP contribution in [0, 0.1) is 52.3 Å². The minimum atomic E-state index is -1.62. The number of rotatable bonds is 6. The first-order valence-electron chi connectivity index (χ1n) is 20.5. The number of ketones is 1. The van der Waals surface area contributed by atoms with Crippen LogP contribution in [0.1, 0.15) is 92.4 Å². The number of hydrogen-bond donors (Lipinski definition) is 5. The number of hydrogen-bond acceptors (Lipinski definition) is 14. The molecular formula is C40H62O14. The Balaban J connectivity index is 0.906. The summed E-state index contributed by atoms with van der Waals surface area (Å²) in [5, 5.41) is 52.9. The Kier molecular flexibility index (Phi) is 10.6. The zero-order valence-electron chi connectivity index (χ0n) is 32.3. The Hall–Kier alpha value is -1.30. The van der Waals surface area contributed by atoms with E-state index in [4.69, 9.17) is 33.2 Å². The largest absolute Gasteiger partial charge is 0.454 e. The normalized spacial score (nSPS) is 55.8. The van der Waals surface area contributed by atoms with Gasteiger partial charge in [0.2, 0.25) is 0 Å². The Labute approximate surface area is 317 Å². The van der Waals surface area contributed by atoms with E-state index in [2.05, 4.69) is 27.7 Å². The molecule has 8 fully saturated rings. The lowest BCUT2D eigenvalue weighted by atomic mass is 9.44. The first-order chi connectivity index (χ1) is 25.6. The Morgan fingerprint density at radius 1 is 0.870 bits per heavy atom. The molecule has 0 aromatic heterocycles. The van der Waals surface area contributed by atoms with Gasteiger partial charge in [0, 0.05) is 31.6 Å². The Bertz CT molecular complexity index is 1400. The summed E-state index contributed by atoms with van der Waals surface area (Å²) in [4.78, 5) is 25.9. The molecule has 54 heavy (non-hydrogen) atoms. The molecule has 0 amide bonds. The van der Waals surface area contributed by atoms with Gasteiger partial charge in [-0.25, -0.2) is 0 Å². The highest BCUT2D eigenvalue weighted by molar-refractivity contribution is 5.83. The van der Waals surface area contributed by atoms with E-state index in [0.29, 0.717) is 54.8 Å². The van der Waals surface area contributed by atoms with E-state index >= 15 is 0 Å².